The summed E-state index contributed by atoms with van der Waals surface area (Å²) in [4.78, 5) is 14.0. The van der Waals surface area contributed by atoms with Gasteiger partial charge in [0.2, 0.25) is 10.0 Å². The molecule has 0 aliphatic carbocycles. The molecule has 8 heteroatoms. The van der Waals surface area contributed by atoms with Gasteiger partial charge in [-0.2, -0.15) is 4.31 Å². The van der Waals surface area contributed by atoms with E-state index in [1.807, 2.05) is 11.4 Å². The first-order valence-electron chi connectivity index (χ1n) is 6.42. The lowest BCUT2D eigenvalue weighted by Crippen LogP contribution is -2.48. The predicted octanol–water partition coefficient (Wildman–Crippen LogP) is 0.670. The lowest BCUT2D eigenvalue weighted by atomic mass is 10.3. The van der Waals surface area contributed by atoms with E-state index in [0.29, 0.717) is 26.2 Å². The van der Waals surface area contributed by atoms with Gasteiger partial charge in [-0.15, -0.1) is 11.3 Å². The molecule has 1 aromatic rings. The van der Waals surface area contributed by atoms with Gasteiger partial charge in [-0.25, -0.2) is 8.42 Å². The third kappa shape index (κ3) is 4.27. The van der Waals surface area contributed by atoms with Crippen LogP contribution in [-0.2, 0) is 21.4 Å². The van der Waals surface area contributed by atoms with E-state index >= 15 is 0 Å². The van der Waals surface area contributed by atoms with Crippen LogP contribution in [-0.4, -0.2) is 60.6 Å². The highest BCUT2D eigenvalue weighted by Crippen LogP contribution is 2.15. The number of aliphatic carboxylic acids is 1. The van der Waals surface area contributed by atoms with Crippen molar-refractivity contribution in [1.82, 2.24) is 9.21 Å². The molecule has 0 spiro atoms. The van der Waals surface area contributed by atoms with Gasteiger partial charge >= 0.3 is 5.97 Å². The number of hydrogen-bond donors (Lipinski definition) is 1. The van der Waals surface area contributed by atoms with Crippen molar-refractivity contribution in [2.75, 3.05) is 31.9 Å². The van der Waals surface area contributed by atoms with Crippen molar-refractivity contribution in [3.8, 4) is 0 Å². The highest BCUT2D eigenvalue weighted by molar-refractivity contribution is 7.89. The smallest absolute Gasteiger partial charge is 0.304 e. The number of sulfonamides is 1. The van der Waals surface area contributed by atoms with Gasteiger partial charge in [0.05, 0.1) is 12.2 Å². The zero-order chi connectivity index (χ0) is 14.6. The fraction of sp³-hybridized carbons (Fsp3) is 0.583. The van der Waals surface area contributed by atoms with Gasteiger partial charge in [0.25, 0.3) is 0 Å². The van der Waals surface area contributed by atoms with Crippen molar-refractivity contribution >= 4 is 27.3 Å². The van der Waals surface area contributed by atoms with Crippen LogP contribution in [0.15, 0.2) is 17.5 Å². The number of hydrogen-bond acceptors (Lipinski definition) is 5. The van der Waals surface area contributed by atoms with E-state index in [4.69, 9.17) is 5.11 Å². The van der Waals surface area contributed by atoms with Crippen LogP contribution in [0.3, 0.4) is 0 Å². The van der Waals surface area contributed by atoms with Gasteiger partial charge in [0.15, 0.2) is 0 Å². The first-order valence-corrected chi connectivity index (χ1v) is 8.90. The molecule has 0 aromatic carbocycles. The molecule has 1 aliphatic heterocycles. The molecule has 0 bridgehead atoms. The standard InChI is InChI=1S/C12H18N2O4S2/c15-12(16)3-9-20(17,18)14-6-4-13(5-7-14)10-11-2-1-8-19-11/h1-2,8H,3-7,9-10H2,(H,15,16). The first-order chi connectivity index (χ1) is 9.47. The van der Waals surface area contributed by atoms with Crippen molar-refractivity contribution in [1.29, 1.82) is 0 Å². The Kier molecular flexibility index (Phi) is 5.14. The van der Waals surface area contributed by atoms with E-state index in [2.05, 4.69) is 11.0 Å². The molecule has 0 radical (unpaired) electrons. The van der Waals surface area contributed by atoms with E-state index in [9.17, 15) is 13.2 Å². The van der Waals surface area contributed by atoms with Crippen molar-refractivity contribution in [3.05, 3.63) is 22.4 Å². The lowest BCUT2D eigenvalue weighted by molar-refractivity contribution is -0.136. The summed E-state index contributed by atoms with van der Waals surface area (Å²) in [6.07, 6.45) is -0.336. The predicted molar refractivity (Wildman–Crippen MR) is 77.2 cm³/mol. The van der Waals surface area contributed by atoms with E-state index in [0.717, 1.165) is 6.54 Å². The summed E-state index contributed by atoms with van der Waals surface area (Å²) in [5, 5.41) is 10.6. The van der Waals surface area contributed by atoms with Crippen LogP contribution in [0.2, 0.25) is 0 Å². The van der Waals surface area contributed by atoms with Crippen LogP contribution in [0.4, 0.5) is 0 Å². The summed E-state index contributed by atoms with van der Waals surface area (Å²) >= 11 is 1.70. The SMILES string of the molecule is O=C(O)CCS(=O)(=O)N1CCN(Cc2cccs2)CC1. The number of carboxylic acids is 1. The zero-order valence-corrected chi connectivity index (χ0v) is 12.7. The molecule has 2 rings (SSSR count). The maximum absolute atomic E-state index is 12.0. The minimum absolute atomic E-state index is 0.312. The van der Waals surface area contributed by atoms with Crippen LogP contribution >= 0.6 is 11.3 Å². The first kappa shape index (κ1) is 15.4. The van der Waals surface area contributed by atoms with Crippen molar-refractivity contribution in [3.63, 3.8) is 0 Å². The largest absolute Gasteiger partial charge is 0.481 e. The molecule has 1 N–H and O–H groups in total. The van der Waals surface area contributed by atoms with Crippen LogP contribution in [0.5, 0.6) is 0 Å². The second-order valence-electron chi connectivity index (χ2n) is 4.71. The molecule has 2 heterocycles. The number of piperazine rings is 1. The summed E-state index contributed by atoms with van der Waals surface area (Å²) in [5.41, 5.74) is 0. The molecule has 0 amide bonds. The number of carboxylic acid groups (broad SMARTS) is 1. The van der Waals surface area contributed by atoms with E-state index in [-0.39, 0.29) is 12.2 Å². The van der Waals surface area contributed by atoms with E-state index in [1.54, 1.807) is 11.3 Å². The average Bonchev–Trinajstić information content (AvgIpc) is 2.90. The van der Waals surface area contributed by atoms with Crippen molar-refractivity contribution in [2.45, 2.75) is 13.0 Å². The quantitative estimate of drug-likeness (QED) is 0.834. The lowest BCUT2D eigenvalue weighted by Gasteiger charge is -2.33. The Morgan fingerprint density at radius 3 is 2.55 bits per heavy atom. The van der Waals surface area contributed by atoms with Crippen molar-refractivity contribution in [2.24, 2.45) is 0 Å². The van der Waals surface area contributed by atoms with E-state index in [1.165, 1.54) is 9.18 Å². The molecule has 1 saturated heterocycles. The normalized spacial score (nSPS) is 18.2. The number of rotatable bonds is 6. The number of thiophene rings is 1. The van der Waals surface area contributed by atoms with Crippen LogP contribution in [0.1, 0.15) is 11.3 Å². The van der Waals surface area contributed by atoms with Gasteiger partial charge < -0.3 is 5.11 Å². The van der Waals surface area contributed by atoms with Crippen LogP contribution < -0.4 is 0 Å². The summed E-state index contributed by atoms with van der Waals surface area (Å²) < 4.78 is 25.3. The van der Waals surface area contributed by atoms with Gasteiger partial charge in [0, 0.05) is 37.6 Å². The molecule has 0 unspecified atom stereocenters. The number of nitrogens with zero attached hydrogens (tertiary/aromatic N) is 2. The molecule has 1 aromatic heterocycles. The van der Waals surface area contributed by atoms with Gasteiger partial charge in [-0.3, -0.25) is 9.69 Å². The Balaban J connectivity index is 1.82. The molecule has 6 nitrogen and oxygen atoms in total. The molecular weight excluding hydrogens is 300 g/mol. The third-order valence-electron chi connectivity index (χ3n) is 3.26. The molecule has 0 saturated carbocycles. The van der Waals surface area contributed by atoms with Crippen molar-refractivity contribution < 1.29 is 18.3 Å². The highest BCUT2D eigenvalue weighted by atomic mass is 32.2. The molecule has 20 heavy (non-hydrogen) atoms. The maximum atomic E-state index is 12.0. The zero-order valence-electron chi connectivity index (χ0n) is 11.1. The van der Waals surface area contributed by atoms with Crippen LogP contribution in [0.25, 0.3) is 0 Å². The second kappa shape index (κ2) is 6.66. The van der Waals surface area contributed by atoms with Gasteiger partial charge in [0.1, 0.15) is 0 Å². The summed E-state index contributed by atoms with van der Waals surface area (Å²) in [7, 11) is -3.44. The summed E-state index contributed by atoms with van der Waals surface area (Å²) in [5.74, 6) is -1.39. The topological polar surface area (TPSA) is 77.9 Å². The van der Waals surface area contributed by atoms with Crippen LogP contribution in [0, 0.1) is 0 Å². The second-order valence-corrected chi connectivity index (χ2v) is 7.84. The fourth-order valence-corrected chi connectivity index (χ4v) is 4.29. The van der Waals surface area contributed by atoms with E-state index < -0.39 is 16.0 Å². The molecule has 1 aliphatic rings. The molecule has 1 fully saturated rings. The fourth-order valence-electron chi connectivity index (χ4n) is 2.13. The summed E-state index contributed by atoms with van der Waals surface area (Å²) in [6, 6.07) is 4.08. The number of carbonyl (C=O) groups is 1. The third-order valence-corrected chi connectivity index (χ3v) is 5.99. The Labute approximate surface area is 122 Å². The maximum Gasteiger partial charge on any atom is 0.304 e. The Bertz CT molecular complexity index is 534. The molecule has 112 valence electrons. The highest BCUT2D eigenvalue weighted by Gasteiger charge is 2.27. The molecular formula is C12H18N2O4S2. The summed E-state index contributed by atoms with van der Waals surface area (Å²) in [6.45, 7) is 3.09. The average molecular weight is 318 g/mol. The monoisotopic (exact) mass is 318 g/mol. The van der Waals surface area contributed by atoms with Gasteiger partial charge in [-0.05, 0) is 11.4 Å². The Morgan fingerprint density at radius 1 is 1.30 bits per heavy atom. The van der Waals surface area contributed by atoms with Gasteiger partial charge in [-0.1, -0.05) is 6.07 Å². The molecule has 0 atom stereocenters. The Morgan fingerprint density at radius 2 is 2.00 bits per heavy atom. The minimum Gasteiger partial charge on any atom is -0.481 e. The minimum atomic E-state index is -3.44. The Hall–Kier alpha value is -0.960.